The number of unbranched alkanes of at least 4 members (excludes halogenated alkanes) is 3. The summed E-state index contributed by atoms with van der Waals surface area (Å²) in [5, 5.41) is 20.7. The first kappa shape index (κ1) is 23.2. The van der Waals surface area contributed by atoms with Crippen LogP contribution in [0.5, 0.6) is 0 Å². The monoisotopic (exact) mass is 408 g/mol. The van der Waals surface area contributed by atoms with Crippen LogP contribution in [0.2, 0.25) is 0 Å². The molecule has 0 radical (unpaired) electrons. The third kappa shape index (κ3) is 8.54. The summed E-state index contributed by atoms with van der Waals surface area (Å²) in [7, 11) is 1.44. The Morgan fingerprint density at radius 3 is 2.64 bits per heavy atom. The second kappa shape index (κ2) is 13.2. The van der Waals surface area contributed by atoms with Crippen LogP contribution in [-0.4, -0.2) is 41.3 Å². The maximum atomic E-state index is 11.1. The molecule has 1 aliphatic rings. The van der Waals surface area contributed by atoms with Crippen LogP contribution in [0.4, 0.5) is 0 Å². The summed E-state index contributed by atoms with van der Waals surface area (Å²) in [6, 6.07) is 10.2. The smallest absolute Gasteiger partial charge is 0.305 e. The predicted octanol–water partition coefficient (Wildman–Crippen LogP) is 4.82. The van der Waals surface area contributed by atoms with Gasteiger partial charge in [-0.15, -0.1) is 11.8 Å². The van der Waals surface area contributed by atoms with Gasteiger partial charge in [-0.25, -0.2) is 0 Å². The Morgan fingerprint density at radius 2 is 1.89 bits per heavy atom. The molecule has 4 nitrogen and oxygen atoms in total. The van der Waals surface area contributed by atoms with Gasteiger partial charge >= 0.3 is 5.97 Å². The minimum absolute atomic E-state index is 0.122. The van der Waals surface area contributed by atoms with Crippen LogP contribution in [0.25, 0.3) is 0 Å². The molecule has 0 spiro atoms. The van der Waals surface area contributed by atoms with E-state index in [2.05, 4.69) is 16.9 Å². The molecule has 5 heteroatoms. The van der Waals surface area contributed by atoms with Gasteiger partial charge in [0.15, 0.2) is 0 Å². The number of aliphatic hydroxyl groups is 2. The number of benzene rings is 1. The van der Waals surface area contributed by atoms with Crippen molar-refractivity contribution in [1.29, 1.82) is 0 Å². The van der Waals surface area contributed by atoms with Crippen molar-refractivity contribution in [1.82, 2.24) is 0 Å². The maximum absolute atomic E-state index is 11.1. The lowest BCUT2D eigenvalue weighted by atomic mass is 9.86. The van der Waals surface area contributed by atoms with Crippen LogP contribution in [-0.2, 0) is 9.53 Å². The van der Waals surface area contributed by atoms with E-state index in [0.717, 1.165) is 57.8 Å². The Labute approximate surface area is 174 Å². The summed E-state index contributed by atoms with van der Waals surface area (Å²) in [5.74, 6) is 1.48. The van der Waals surface area contributed by atoms with Gasteiger partial charge in [0.25, 0.3) is 0 Å². The highest BCUT2D eigenvalue weighted by molar-refractivity contribution is 7.99. The van der Waals surface area contributed by atoms with Gasteiger partial charge in [-0.05, 0) is 56.1 Å². The number of methoxy groups -OCH3 is 1. The second-order valence-electron chi connectivity index (χ2n) is 7.95. The Bertz CT molecular complexity index is 551. The normalized spacial score (nSPS) is 22.9. The lowest BCUT2D eigenvalue weighted by Gasteiger charge is -2.23. The fourth-order valence-corrected chi connectivity index (χ4v) is 5.12. The highest BCUT2D eigenvalue weighted by Gasteiger charge is 2.34. The van der Waals surface area contributed by atoms with Crippen molar-refractivity contribution in [3.05, 3.63) is 30.3 Å². The number of aliphatic hydroxyl groups excluding tert-OH is 2. The van der Waals surface area contributed by atoms with E-state index in [1.165, 1.54) is 12.0 Å². The summed E-state index contributed by atoms with van der Waals surface area (Å²) in [6.45, 7) is 0. The van der Waals surface area contributed by atoms with Crippen molar-refractivity contribution in [2.75, 3.05) is 12.9 Å². The van der Waals surface area contributed by atoms with Gasteiger partial charge in [-0.3, -0.25) is 4.79 Å². The quantitative estimate of drug-likeness (QED) is 0.278. The molecule has 1 aliphatic carbocycles. The second-order valence-corrected chi connectivity index (χ2v) is 9.05. The van der Waals surface area contributed by atoms with Gasteiger partial charge in [0.2, 0.25) is 0 Å². The van der Waals surface area contributed by atoms with Crippen molar-refractivity contribution in [3.63, 3.8) is 0 Å². The van der Waals surface area contributed by atoms with Crippen molar-refractivity contribution < 1.29 is 19.7 Å². The van der Waals surface area contributed by atoms with Crippen LogP contribution in [0.15, 0.2) is 35.2 Å². The summed E-state index contributed by atoms with van der Waals surface area (Å²) < 4.78 is 4.66. The van der Waals surface area contributed by atoms with Gasteiger partial charge in [-0.2, -0.15) is 0 Å². The Hall–Kier alpha value is -1.04. The van der Waals surface area contributed by atoms with E-state index in [4.69, 9.17) is 0 Å². The molecule has 0 heterocycles. The molecule has 1 aromatic carbocycles. The molecule has 2 unspecified atom stereocenters. The first-order valence-electron chi connectivity index (χ1n) is 10.7. The average molecular weight is 409 g/mol. The Morgan fingerprint density at radius 1 is 1.14 bits per heavy atom. The van der Waals surface area contributed by atoms with E-state index >= 15 is 0 Å². The summed E-state index contributed by atoms with van der Waals surface area (Å²) in [4.78, 5) is 12.3. The zero-order valence-electron chi connectivity index (χ0n) is 17.1. The average Bonchev–Trinajstić information content (AvgIpc) is 3.07. The standard InChI is InChI=1S/C23H36O4S/c1-27-23(26)12-8-3-2-5-9-18-13-16-22(25)21(18)15-14-19(24)17-28-20-10-6-4-7-11-20/h4,6-7,10-11,18-19,21-22,24-25H,2-3,5,8-9,12-17H2,1H3/t18?,19?,21-,22-/m1/s1. The zero-order valence-corrected chi connectivity index (χ0v) is 17.9. The van der Waals surface area contributed by atoms with Gasteiger partial charge in [-0.1, -0.05) is 43.9 Å². The lowest BCUT2D eigenvalue weighted by molar-refractivity contribution is -0.140. The molecule has 0 aliphatic heterocycles. The third-order valence-corrected chi connectivity index (χ3v) is 7.04. The molecular formula is C23H36O4S. The number of esters is 1. The number of carbonyl (C=O) groups excluding carboxylic acids is 1. The number of hydrogen-bond donors (Lipinski definition) is 2. The van der Waals surface area contributed by atoms with Gasteiger partial charge < -0.3 is 14.9 Å². The molecule has 4 atom stereocenters. The SMILES string of the molecule is COC(=O)CCCCCCC1CC[C@@H](O)[C@@H]1CCC(O)CSc1ccccc1. The molecule has 2 N–H and O–H groups in total. The first-order valence-corrected chi connectivity index (χ1v) is 11.7. The molecular weight excluding hydrogens is 372 g/mol. The van der Waals surface area contributed by atoms with Crippen LogP contribution >= 0.6 is 11.8 Å². The first-order chi connectivity index (χ1) is 13.6. The molecule has 158 valence electrons. The predicted molar refractivity (Wildman–Crippen MR) is 114 cm³/mol. The largest absolute Gasteiger partial charge is 0.469 e. The van der Waals surface area contributed by atoms with E-state index in [-0.39, 0.29) is 18.2 Å². The van der Waals surface area contributed by atoms with E-state index in [1.807, 2.05) is 18.2 Å². The van der Waals surface area contributed by atoms with Gasteiger partial charge in [0.1, 0.15) is 0 Å². The summed E-state index contributed by atoms with van der Waals surface area (Å²) in [5.41, 5.74) is 0. The molecule has 0 aromatic heterocycles. The van der Waals surface area contributed by atoms with E-state index in [0.29, 0.717) is 24.0 Å². The minimum Gasteiger partial charge on any atom is -0.469 e. The van der Waals surface area contributed by atoms with Crippen molar-refractivity contribution >= 4 is 17.7 Å². The van der Waals surface area contributed by atoms with Gasteiger partial charge in [0, 0.05) is 17.1 Å². The summed E-state index contributed by atoms with van der Waals surface area (Å²) in [6.07, 6.45) is 9.04. The van der Waals surface area contributed by atoms with Crippen molar-refractivity contribution in [3.8, 4) is 0 Å². The molecule has 1 aromatic rings. The number of hydrogen-bond acceptors (Lipinski definition) is 5. The van der Waals surface area contributed by atoms with E-state index in [9.17, 15) is 15.0 Å². The number of rotatable bonds is 13. The van der Waals surface area contributed by atoms with Gasteiger partial charge in [0.05, 0.1) is 19.3 Å². The molecule has 28 heavy (non-hydrogen) atoms. The van der Waals surface area contributed by atoms with Crippen molar-refractivity contribution in [2.24, 2.45) is 11.8 Å². The molecule has 0 bridgehead atoms. The van der Waals surface area contributed by atoms with Crippen LogP contribution in [0.1, 0.15) is 64.2 Å². The molecule has 1 fully saturated rings. The van der Waals surface area contributed by atoms with E-state index < -0.39 is 0 Å². The highest BCUT2D eigenvalue weighted by Crippen LogP contribution is 2.39. The van der Waals surface area contributed by atoms with Crippen LogP contribution in [0.3, 0.4) is 0 Å². The topological polar surface area (TPSA) is 66.8 Å². The number of thioether (sulfide) groups is 1. The maximum Gasteiger partial charge on any atom is 0.305 e. The molecule has 2 rings (SSSR count). The van der Waals surface area contributed by atoms with E-state index in [1.54, 1.807) is 11.8 Å². The minimum atomic E-state index is -0.322. The fraction of sp³-hybridized carbons (Fsp3) is 0.696. The highest BCUT2D eigenvalue weighted by atomic mass is 32.2. The molecule has 0 amide bonds. The number of carbonyl (C=O) groups is 1. The Balaban J connectivity index is 1.61. The van der Waals surface area contributed by atoms with Crippen LogP contribution < -0.4 is 0 Å². The summed E-state index contributed by atoms with van der Waals surface area (Å²) >= 11 is 1.69. The number of ether oxygens (including phenoxy) is 1. The third-order valence-electron chi connectivity index (χ3n) is 5.89. The van der Waals surface area contributed by atoms with Crippen molar-refractivity contribution in [2.45, 2.75) is 81.3 Å². The molecule has 0 saturated heterocycles. The molecule has 1 saturated carbocycles. The fourth-order valence-electron chi connectivity index (χ4n) is 4.22. The lowest BCUT2D eigenvalue weighted by Crippen LogP contribution is -2.22. The Kier molecular flexibility index (Phi) is 11.0. The zero-order chi connectivity index (χ0) is 20.2. The van der Waals surface area contributed by atoms with Crippen LogP contribution in [0, 0.1) is 11.8 Å².